The summed E-state index contributed by atoms with van der Waals surface area (Å²) in [6, 6.07) is 10.9. The normalized spacial score (nSPS) is 11.4. The Hall–Kier alpha value is -1.05. The largest absolute Gasteiger partial charge is 0.278 e. The molecule has 0 unspecified atom stereocenters. The molecule has 0 heterocycles. The molecule has 2 aromatic carbocycles. The van der Waals surface area contributed by atoms with Crippen LogP contribution < -0.4 is 4.72 Å². The molecule has 0 saturated heterocycles. The third kappa shape index (κ3) is 3.99. The summed E-state index contributed by atoms with van der Waals surface area (Å²) in [5.41, 5.74) is 0.451. The average molecular weight is 390 g/mol. The van der Waals surface area contributed by atoms with Crippen LogP contribution in [0.25, 0.3) is 0 Å². The van der Waals surface area contributed by atoms with Gasteiger partial charge in [-0.3, -0.25) is 4.72 Å². The van der Waals surface area contributed by atoms with E-state index in [-0.39, 0.29) is 4.90 Å². The number of sulfonamides is 1. The Labute approximate surface area is 136 Å². The van der Waals surface area contributed by atoms with Crippen molar-refractivity contribution in [2.75, 3.05) is 10.5 Å². The SMILES string of the molecule is CCSc1ccccc1NS(=O)(=O)c1ccc(Br)cc1F. The van der Waals surface area contributed by atoms with Crippen LogP contribution in [0, 0.1) is 5.82 Å². The topological polar surface area (TPSA) is 46.2 Å². The molecule has 0 fully saturated rings. The number of para-hydroxylation sites is 1. The zero-order valence-electron chi connectivity index (χ0n) is 11.1. The molecule has 0 aliphatic carbocycles. The van der Waals surface area contributed by atoms with Gasteiger partial charge in [-0.1, -0.05) is 35.0 Å². The fraction of sp³-hybridized carbons (Fsp3) is 0.143. The van der Waals surface area contributed by atoms with Crippen LogP contribution in [0.1, 0.15) is 6.92 Å². The summed E-state index contributed by atoms with van der Waals surface area (Å²) in [5, 5.41) is 0. The van der Waals surface area contributed by atoms with Gasteiger partial charge >= 0.3 is 0 Å². The molecule has 2 aromatic rings. The van der Waals surface area contributed by atoms with Crippen LogP contribution in [-0.4, -0.2) is 14.2 Å². The molecule has 0 bridgehead atoms. The van der Waals surface area contributed by atoms with Gasteiger partial charge in [0, 0.05) is 9.37 Å². The number of nitrogens with one attached hydrogen (secondary N) is 1. The van der Waals surface area contributed by atoms with E-state index < -0.39 is 15.8 Å². The van der Waals surface area contributed by atoms with E-state index >= 15 is 0 Å². The number of halogens is 2. The highest BCUT2D eigenvalue weighted by Gasteiger charge is 2.20. The molecule has 0 aliphatic rings. The van der Waals surface area contributed by atoms with Crippen LogP contribution in [-0.2, 0) is 10.0 Å². The second-order valence-electron chi connectivity index (χ2n) is 4.11. The van der Waals surface area contributed by atoms with Crippen LogP contribution in [0.5, 0.6) is 0 Å². The van der Waals surface area contributed by atoms with Crippen LogP contribution in [0.4, 0.5) is 10.1 Å². The number of hydrogen-bond acceptors (Lipinski definition) is 3. The first-order valence-electron chi connectivity index (χ1n) is 6.13. The zero-order chi connectivity index (χ0) is 15.5. The lowest BCUT2D eigenvalue weighted by molar-refractivity contribution is 0.570. The summed E-state index contributed by atoms with van der Waals surface area (Å²) in [7, 11) is -3.96. The lowest BCUT2D eigenvalue weighted by atomic mass is 10.3. The van der Waals surface area contributed by atoms with Crippen molar-refractivity contribution < 1.29 is 12.8 Å². The second kappa shape index (κ2) is 6.81. The summed E-state index contributed by atoms with van der Waals surface area (Å²) in [5.74, 6) is 0.0169. The van der Waals surface area contributed by atoms with Crippen molar-refractivity contribution in [2.45, 2.75) is 16.7 Å². The van der Waals surface area contributed by atoms with E-state index in [1.54, 1.807) is 12.1 Å². The molecule has 0 amide bonds. The minimum Gasteiger partial charge on any atom is -0.278 e. The second-order valence-corrected chi connectivity index (χ2v) is 7.98. The van der Waals surface area contributed by atoms with E-state index in [0.717, 1.165) is 16.7 Å². The molecule has 2 rings (SSSR count). The number of thioether (sulfide) groups is 1. The molecule has 0 atom stereocenters. The van der Waals surface area contributed by atoms with Crippen molar-refractivity contribution in [1.82, 2.24) is 0 Å². The number of benzene rings is 2. The van der Waals surface area contributed by atoms with Crippen LogP contribution in [0.15, 0.2) is 56.7 Å². The smallest absolute Gasteiger partial charge is 0.264 e. The predicted molar refractivity (Wildman–Crippen MR) is 87.7 cm³/mol. The summed E-state index contributed by atoms with van der Waals surface area (Å²) < 4.78 is 41.4. The van der Waals surface area contributed by atoms with Gasteiger partial charge in [0.15, 0.2) is 0 Å². The van der Waals surface area contributed by atoms with E-state index in [4.69, 9.17) is 0 Å². The lowest BCUT2D eigenvalue weighted by Crippen LogP contribution is -2.15. The van der Waals surface area contributed by atoms with Gasteiger partial charge < -0.3 is 0 Å². The Kier molecular flexibility index (Phi) is 5.29. The van der Waals surface area contributed by atoms with Crippen molar-refractivity contribution in [3.8, 4) is 0 Å². The first-order valence-corrected chi connectivity index (χ1v) is 9.40. The summed E-state index contributed by atoms with van der Waals surface area (Å²) in [4.78, 5) is 0.433. The average Bonchev–Trinajstić information content (AvgIpc) is 2.40. The maximum absolute atomic E-state index is 13.8. The van der Waals surface area contributed by atoms with Crippen molar-refractivity contribution in [3.63, 3.8) is 0 Å². The highest BCUT2D eigenvalue weighted by molar-refractivity contribution is 9.10. The van der Waals surface area contributed by atoms with Gasteiger partial charge in [-0.2, -0.15) is 0 Å². The number of anilines is 1. The fourth-order valence-corrected chi connectivity index (χ4v) is 4.02. The quantitative estimate of drug-likeness (QED) is 0.765. The Bertz CT molecular complexity index is 750. The summed E-state index contributed by atoms with van der Waals surface area (Å²) in [6.45, 7) is 1.98. The number of hydrogen-bond donors (Lipinski definition) is 1. The third-order valence-corrected chi connectivity index (χ3v) is 5.46. The van der Waals surface area contributed by atoms with Gasteiger partial charge in [-0.25, -0.2) is 12.8 Å². The van der Waals surface area contributed by atoms with E-state index in [1.807, 2.05) is 19.1 Å². The van der Waals surface area contributed by atoms with Crippen LogP contribution in [0.2, 0.25) is 0 Å². The minimum atomic E-state index is -3.96. The minimum absolute atomic E-state index is 0.373. The van der Waals surface area contributed by atoms with Gasteiger partial charge in [0.2, 0.25) is 0 Å². The highest BCUT2D eigenvalue weighted by Crippen LogP contribution is 2.29. The van der Waals surface area contributed by atoms with Crippen LogP contribution in [0.3, 0.4) is 0 Å². The molecule has 7 heteroatoms. The molecule has 0 saturated carbocycles. The first kappa shape index (κ1) is 16.3. The summed E-state index contributed by atoms with van der Waals surface area (Å²) >= 11 is 4.62. The molecule has 0 aromatic heterocycles. The van der Waals surface area contributed by atoms with E-state index in [1.165, 1.54) is 23.9 Å². The van der Waals surface area contributed by atoms with E-state index in [2.05, 4.69) is 20.7 Å². The Balaban J connectivity index is 2.38. The Morgan fingerprint density at radius 1 is 1.24 bits per heavy atom. The van der Waals surface area contributed by atoms with E-state index in [9.17, 15) is 12.8 Å². The molecule has 112 valence electrons. The van der Waals surface area contributed by atoms with Crippen molar-refractivity contribution in [2.24, 2.45) is 0 Å². The van der Waals surface area contributed by atoms with Gasteiger partial charge in [0.05, 0.1) is 5.69 Å². The molecule has 0 radical (unpaired) electrons. The van der Waals surface area contributed by atoms with Crippen molar-refractivity contribution in [1.29, 1.82) is 0 Å². The molecule has 0 aliphatic heterocycles. The standard InChI is InChI=1S/C14H13BrFNO2S2/c1-2-20-13-6-4-3-5-12(13)17-21(18,19)14-8-7-10(15)9-11(14)16/h3-9,17H,2H2,1H3. The predicted octanol–water partition coefficient (Wildman–Crippen LogP) is 4.50. The summed E-state index contributed by atoms with van der Waals surface area (Å²) in [6.07, 6.45) is 0. The molecule has 3 nitrogen and oxygen atoms in total. The van der Waals surface area contributed by atoms with E-state index in [0.29, 0.717) is 10.2 Å². The molecular formula is C14H13BrFNO2S2. The third-order valence-electron chi connectivity index (χ3n) is 2.61. The molecule has 21 heavy (non-hydrogen) atoms. The Morgan fingerprint density at radius 2 is 1.95 bits per heavy atom. The van der Waals surface area contributed by atoms with Gasteiger partial charge in [0.1, 0.15) is 10.7 Å². The fourth-order valence-electron chi connectivity index (χ4n) is 1.73. The zero-order valence-corrected chi connectivity index (χ0v) is 14.4. The Morgan fingerprint density at radius 3 is 2.62 bits per heavy atom. The lowest BCUT2D eigenvalue weighted by Gasteiger charge is -2.12. The van der Waals surface area contributed by atoms with Gasteiger partial charge in [0.25, 0.3) is 10.0 Å². The molecular weight excluding hydrogens is 377 g/mol. The maximum Gasteiger partial charge on any atom is 0.264 e. The van der Waals surface area contributed by atoms with Crippen molar-refractivity contribution >= 4 is 43.4 Å². The van der Waals surface area contributed by atoms with Gasteiger partial charge in [-0.15, -0.1) is 11.8 Å². The van der Waals surface area contributed by atoms with Gasteiger partial charge in [-0.05, 0) is 36.1 Å². The molecule has 0 spiro atoms. The first-order chi connectivity index (χ1) is 9.94. The monoisotopic (exact) mass is 389 g/mol. The van der Waals surface area contributed by atoms with Crippen molar-refractivity contribution in [3.05, 3.63) is 52.8 Å². The highest BCUT2D eigenvalue weighted by atomic mass is 79.9. The molecule has 1 N–H and O–H groups in total. The van der Waals surface area contributed by atoms with Crippen LogP contribution >= 0.6 is 27.7 Å². The number of rotatable bonds is 5. The maximum atomic E-state index is 13.8.